The molecule has 306 valence electrons. The third-order valence-electron chi connectivity index (χ3n) is 5.10. The standard InChI is InChI=1S/C12H11N3O6.C7H5NO5.C5H8N2O2.C5H7NO2.C2H7NO.CH4/c13-6-8(12(19)14-1-2-16)3-7-4-9(15(20)21)11(18)10(17)5-7;9-3-4-1-5(8(12)13)7(11)6(10)2-4;6-2-1-5(9)7-3-4-8;1-3-8-5(7)4-6-2;3-1-2-4;/h3-5,16-18H,1-2H2,(H,14,19);1-3,10-11H;8H,1,3-4H2,(H,7,9);3-4H2,1H3;4H,1-3H2;1H4/b8-3+;;;;;. The Bertz CT molecular complexity index is 1750. The molecule has 2 amide bonds. The van der Waals surface area contributed by atoms with Crippen molar-refractivity contribution in [2.24, 2.45) is 5.73 Å². The second-order valence-corrected chi connectivity index (χ2v) is 9.14. The number of nitro groups is 2. The summed E-state index contributed by atoms with van der Waals surface area (Å²) >= 11 is 0. The summed E-state index contributed by atoms with van der Waals surface area (Å²) in [6.07, 6.45) is 1.21. The first-order valence-electron chi connectivity index (χ1n) is 14.9. The number of nitrogens with one attached hydrogen (secondary N) is 2. The van der Waals surface area contributed by atoms with E-state index in [1.165, 1.54) is 0 Å². The summed E-state index contributed by atoms with van der Waals surface area (Å²) in [6.45, 7) is 8.38. The Hall–Kier alpha value is -7.43. The molecule has 0 unspecified atom stereocenters. The fraction of sp³-hybridized carbons (Fsp3) is 0.344. The number of hydrogen-bond acceptors (Lipinski definition) is 19. The lowest BCUT2D eigenvalue weighted by Gasteiger charge is -2.03. The van der Waals surface area contributed by atoms with Gasteiger partial charge in [-0.25, -0.2) is 11.4 Å². The number of carbonyl (C=O) groups excluding carboxylic acids is 4. The van der Waals surface area contributed by atoms with Gasteiger partial charge in [0.25, 0.3) is 5.91 Å². The number of aldehydes is 1. The van der Waals surface area contributed by atoms with Crippen LogP contribution in [-0.4, -0.2) is 122 Å². The Balaban J connectivity index is -0.000000332. The van der Waals surface area contributed by atoms with Crippen molar-refractivity contribution in [3.8, 4) is 35.1 Å². The van der Waals surface area contributed by atoms with Crippen LogP contribution in [-0.2, 0) is 19.1 Å². The molecule has 0 aliphatic carbocycles. The second-order valence-electron chi connectivity index (χ2n) is 9.14. The van der Waals surface area contributed by atoms with Crippen molar-refractivity contribution >= 4 is 41.5 Å². The SMILES string of the molecule is C.N#C/C(=C\c1cc(O)c(O)c([N+](=O)[O-])c1)C(=O)NCCO.N#CCC(=O)NCCO.NCCO.O=Cc1cc(O)c(O)c([N+](=O)[O-])c1.[C-]#[N+]CC(=O)OCC. The quantitative estimate of drug-likeness (QED) is 0.0185. The molecule has 24 nitrogen and oxygen atoms in total. The number of aliphatic hydroxyl groups excluding tert-OH is 3. The number of nitrogens with zero attached hydrogens (tertiary/aromatic N) is 5. The van der Waals surface area contributed by atoms with Crippen molar-refractivity contribution in [3.05, 3.63) is 72.6 Å². The van der Waals surface area contributed by atoms with Gasteiger partial charge in [-0.15, -0.1) is 0 Å². The second kappa shape index (κ2) is 33.4. The van der Waals surface area contributed by atoms with Gasteiger partial charge < -0.3 is 61.7 Å². The number of nitriles is 2. The van der Waals surface area contributed by atoms with Crippen LogP contribution >= 0.6 is 0 Å². The van der Waals surface area contributed by atoms with Gasteiger partial charge in [-0.05, 0) is 30.7 Å². The highest BCUT2D eigenvalue weighted by molar-refractivity contribution is 6.01. The van der Waals surface area contributed by atoms with Gasteiger partial charge in [-0.2, -0.15) is 10.5 Å². The molecule has 11 N–H and O–H groups in total. The Morgan fingerprint density at radius 1 is 0.911 bits per heavy atom. The lowest BCUT2D eigenvalue weighted by Crippen LogP contribution is -2.27. The maximum Gasteiger partial charge on any atom is 0.387 e. The Morgan fingerprint density at radius 2 is 1.38 bits per heavy atom. The summed E-state index contributed by atoms with van der Waals surface area (Å²) in [6, 6.07) is 6.97. The van der Waals surface area contributed by atoms with Crippen LogP contribution in [0.15, 0.2) is 29.8 Å². The molecule has 0 aromatic heterocycles. The van der Waals surface area contributed by atoms with E-state index >= 15 is 0 Å². The van der Waals surface area contributed by atoms with E-state index in [2.05, 4.69) is 20.2 Å². The minimum Gasteiger partial charge on any atom is -0.504 e. The molecule has 0 bridgehead atoms. The van der Waals surface area contributed by atoms with Gasteiger partial charge >= 0.3 is 23.9 Å². The number of phenolic OH excluding ortho intramolecular Hbond substituents is 4. The number of rotatable bonds is 13. The van der Waals surface area contributed by atoms with Crippen LogP contribution in [0.4, 0.5) is 11.4 Å². The van der Waals surface area contributed by atoms with Crippen LogP contribution in [0, 0.1) is 49.5 Å². The molecule has 0 aliphatic rings. The average molecular weight is 795 g/mol. The van der Waals surface area contributed by atoms with Gasteiger partial charge in [0.1, 0.15) is 24.3 Å². The molecule has 56 heavy (non-hydrogen) atoms. The van der Waals surface area contributed by atoms with Crippen molar-refractivity contribution < 1.29 is 69.5 Å². The molecule has 0 saturated heterocycles. The highest BCUT2D eigenvalue weighted by Gasteiger charge is 2.20. The molecule has 0 aliphatic heterocycles. The first-order chi connectivity index (χ1) is 26.0. The molecule has 0 radical (unpaired) electrons. The number of aromatic hydroxyl groups is 4. The topological polar surface area (TPSA) is 407 Å². The predicted molar refractivity (Wildman–Crippen MR) is 193 cm³/mol. The number of hydrogen-bond donors (Lipinski definition) is 10. The smallest absolute Gasteiger partial charge is 0.387 e. The van der Waals surface area contributed by atoms with E-state index in [0.29, 0.717) is 19.4 Å². The molecule has 24 heteroatoms. The number of amides is 2. The molecular weight excluding hydrogens is 752 g/mol. The largest absolute Gasteiger partial charge is 0.504 e. The van der Waals surface area contributed by atoms with Gasteiger partial charge in [0.15, 0.2) is 11.5 Å². The average Bonchev–Trinajstić information content (AvgIpc) is 3.15. The van der Waals surface area contributed by atoms with E-state index in [9.17, 15) is 49.6 Å². The van der Waals surface area contributed by atoms with Crippen molar-refractivity contribution in [1.29, 1.82) is 10.5 Å². The number of esters is 1. The van der Waals surface area contributed by atoms with E-state index in [4.69, 9.17) is 48.4 Å². The van der Waals surface area contributed by atoms with Gasteiger partial charge in [-0.3, -0.25) is 34.6 Å². The van der Waals surface area contributed by atoms with E-state index in [-0.39, 0.29) is 75.9 Å². The fourth-order valence-corrected chi connectivity index (χ4v) is 2.86. The van der Waals surface area contributed by atoms with Gasteiger partial charge in [0.05, 0.1) is 42.3 Å². The molecular formula is C32H42N8O16. The molecule has 2 aromatic rings. The fourth-order valence-electron chi connectivity index (χ4n) is 2.86. The molecule has 0 fully saturated rings. The molecule has 0 heterocycles. The number of benzene rings is 2. The number of carbonyl (C=O) groups is 4. The zero-order valence-corrected chi connectivity index (χ0v) is 28.9. The lowest BCUT2D eigenvalue weighted by atomic mass is 10.1. The Kier molecular flexibility index (Phi) is 33.0. The zero-order chi connectivity index (χ0) is 42.9. The van der Waals surface area contributed by atoms with Crippen molar-refractivity contribution in [3.63, 3.8) is 0 Å². The molecule has 0 saturated carbocycles. The highest BCUT2D eigenvalue weighted by atomic mass is 16.6. The molecule has 2 aromatic carbocycles. The van der Waals surface area contributed by atoms with E-state index in [1.807, 2.05) is 0 Å². The van der Waals surface area contributed by atoms with Crippen molar-refractivity contribution in [2.45, 2.75) is 20.8 Å². The van der Waals surface area contributed by atoms with Crippen LogP contribution in [0.5, 0.6) is 23.0 Å². The third kappa shape index (κ3) is 24.7. The van der Waals surface area contributed by atoms with Crippen LogP contribution in [0.3, 0.4) is 0 Å². The van der Waals surface area contributed by atoms with Crippen LogP contribution < -0.4 is 16.4 Å². The zero-order valence-electron chi connectivity index (χ0n) is 28.9. The predicted octanol–water partition coefficient (Wildman–Crippen LogP) is -0.109. The van der Waals surface area contributed by atoms with Gasteiger partial charge in [0, 0.05) is 37.3 Å². The summed E-state index contributed by atoms with van der Waals surface area (Å²) in [5, 5.41) is 104. The van der Waals surface area contributed by atoms with Crippen molar-refractivity contribution in [1.82, 2.24) is 10.6 Å². The minimum absolute atomic E-state index is 0. The van der Waals surface area contributed by atoms with Crippen LogP contribution in [0.25, 0.3) is 10.9 Å². The summed E-state index contributed by atoms with van der Waals surface area (Å²) in [5.41, 5.74) is 2.88. The summed E-state index contributed by atoms with van der Waals surface area (Å²) in [4.78, 5) is 64.3. The van der Waals surface area contributed by atoms with Crippen LogP contribution in [0.2, 0.25) is 0 Å². The van der Waals surface area contributed by atoms with E-state index < -0.39 is 56.1 Å². The molecule has 0 atom stereocenters. The third-order valence-corrected chi connectivity index (χ3v) is 5.10. The lowest BCUT2D eigenvalue weighted by molar-refractivity contribution is -0.386. The highest BCUT2D eigenvalue weighted by Crippen LogP contribution is 2.37. The first kappa shape index (κ1) is 55.3. The first-order valence-corrected chi connectivity index (χ1v) is 14.9. The monoisotopic (exact) mass is 794 g/mol. The summed E-state index contributed by atoms with van der Waals surface area (Å²) in [7, 11) is 0. The Morgan fingerprint density at radius 3 is 1.75 bits per heavy atom. The number of aliphatic hydroxyl groups is 3. The normalized spacial score (nSPS) is 9.14. The Labute approximate surface area is 319 Å². The van der Waals surface area contributed by atoms with Gasteiger partial charge in [0.2, 0.25) is 17.4 Å². The number of nitro benzene ring substituents is 2. The maximum atomic E-state index is 11.5. The minimum atomic E-state index is -0.912. The molecule has 0 spiro atoms. The van der Waals surface area contributed by atoms with Crippen molar-refractivity contribution in [2.75, 3.05) is 52.6 Å². The summed E-state index contributed by atoms with van der Waals surface area (Å²) < 4.78 is 4.43. The van der Waals surface area contributed by atoms with Gasteiger partial charge in [-0.1, -0.05) is 7.43 Å². The maximum absolute atomic E-state index is 11.5. The van der Waals surface area contributed by atoms with Crippen LogP contribution in [0.1, 0.15) is 36.7 Å². The number of nitrogens with two attached hydrogens (primary N) is 1. The summed E-state index contributed by atoms with van der Waals surface area (Å²) in [5.74, 6) is -4.73. The number of ether oxygens (including phenoxy) is 1. The molecule has 2 rings (SSSR count). The van der Waals surface area contributed by atoms with E-state index in [1.54, 1.807) is 19.1 Å². The number of phenols is 4. The van der Waals surface area contributed by atoms with E-state index in [0.717, 1.165) is 30.3 Å².